The van der Waals surface area contributed by atoms with Crippen molar-refractivity contribution in [1.29, 1.82) is 0 Å². The molecule has 0 radical (unpaired) electrons. The van der Waals surface area contributed by atoms with Crippen LogP contribution >= 0.6 is 0 Å². The van der Waals surface area contributed by atoms with Gasteiger partial charge in [0.25, 0.3) is 5.91 Å². The fourth-order valence-electron chi connectivity index (χ4n) is 2.07. The molecule has 0 aliphatic rings. The number of H-pyrrole nitrogens is 1. The van der Waals surface area contributed by atoms with Crippen LogP contribution in [0, 0.1) is 19.8 Å². The van der Waals surface area contributed by atoms with Crippen molar-refractivity contribution < 1.29 is 14.7 Å². The second kappa shape index (κ2) is 5.20. The summed E-state index contributed by atoms with van der Waals surface area (Å²) in [5, 5.41) is 15.9. The Hall–Kier alpha value is -1.85. The number of nitrogens with zero attached hydrogens (tertiary/aromatic N) is 2. The molecule has 0 bridgehead atoms. The Morgan fingerprint density at radius 2 is 1.89 bits per heavy atom. The van der Waals surface area contributed by atoms with Crippen molar-refractivity contribution in [2.45, 2.75) is 33.7 Å². The summed E-state index contributed by atoms with van der Waals surface area (Å²) in [7, 11) is 1.51. The minimum Gasteiger partial charge on any atom is -0.480 e. The van der Waals surface area contributed by atoms with Crippen molar-refractivity contribution in [3.8, 4) is 0 Å². The van der Waals surface area contributed by atoms with Gasteiger partial charge in [0.2, 0.25) is 0 Å². The van der Waals surface area contributed by atoms with Crippen LogP contribution in [-0.4, -0.2) is 45.2 Å². The molecule has 0 fully saturated rings. The molecular weight excluding hydrogens is 234 g/mol. The molecule has 6 nitrogen and oxygen atoms in total. The van der Waals surface area contributed by atoms with Crippen LogP contribution in [0.2, 0.25) is 0 Å². The predicted octanol–water partition coefficient (Wildman–Crippen LogP) is 1.21. The molecule has 100 valence electrons. The maximum atomic E-state index is 12.3. The number of carbonyl (C=O) groups is 2. The zero-order valence-electron chi connectivity index (χ0n) is 11.3. The van der Waals surface area contributed by atoms with E-state index in [9.17, 15) is 14.7 Å². The third kappa shape index (κ3) is 2.52. The quantitative estimate of drug-likeness (QED) is 0.844. The van der Waals surface area contributed by atoms with E-state index >= 15 is 0 Å². The van der Waals surface area contributed by atoms with Crippen LogP contribution < -0.4 is 0 Å². The fraction of sp³-hybridized carbons (Fsp3) is 0.583. The first-order chi connectivity index (χ1) is 8.27. The highest BCUT2D eigenvalue weighted by atomic mass is 16.4. The zero-order valence-corrected chi connectivity index (χ0v) is 11.3. The van der Waals surface area contributed by atoms with E-state index in [-0.39, 0.29) is 11.8 Å². The Morgan fingerprint density at radius 1 is 1.33 bits per heavy atom. The van der Waals surface area contributed by atoms with Crippen molar-refractivity contribution in [1.82, 2.24) is 15.1 Å². The Morgan fingerprint density at radius 3 is 2.22 bits per heavy atom. The van der Waals surface area contributed by atoms with Gasteiger partial charge < -0.3 is 10.0 Å². The Kier molecular flexibility index (Phi) is 4.11. The number of carbonyl (C=O) groups excluding carboxylic acids is 1. The molecule has 18 heavy (non-hydrogen) atoms. The molecule has 0 spiro atoms. The molecule has 0 aliphatic carbocycles. The third-order valence-corrected chi connectivity index (χ3v) is 2.96. The molecule has 0 aliphatic heterocycles. The van der Waals surface area contributed by atoms with Gasteiger partial charge in [-0.3, -0.25) is 9.89 Å². The number of aromatic nitrogens is 2. The maximum absolute atomic E-state index is 12.3. The average Bonchev–Trinajstić information content (AvgIpc) is 2.56. The number of hydrogen-bond donors (Lipinski definition) is 2. The normalized spacial score (nSPS) is 12.6. The zero-order chi connectivity index (χ0) is 14.0. The molecule has 1 amide bonds. The molecule has 6 heteroatoms. The molecule has 1 unspecified atom stereocenters. The van der Waals surface area contributed by atoms with Crippen LogP contribution in [0.15, 0.2) is 0 Å². The van der Waals surface area contributed by atoms with Gasteiger partial charge in [-0.2, -0.15) is 5.10 Å². The Balaban J connectivity index is 3.07. The van der Waals surface area contributed by atoms with E-state index in [0.29, 0.717) is 17.0 Å². The number of carboxylic acids is 1. The second-order valence-corrected chi connectivity index (χ2v) is 4.75. The van der Waals surface area contributed by atoms with Gasteiger partial charge >= 0.3 is 5.97 Å². The van der Waals surface area contributed by atoms with Crippen molar-refractivity contribution in [2.24, 2.45) is 5.92 Å². The standard InChI is InChI=1S/C12H19N3O3/c1-6(2)10(12(17)18)15(5)11(16)9-7(3)13-14-8(9)4/h6,10H,1-5H3,(H,13,14)(H,17,18). The smallest absolute Gasteiger partial charge is 0.326 e. The number of aliphatic carboxylic acids is 1. The molecule has 0 aromatic carbocycles. The summed E-state index contributed by atoms with van der Waals surface area (Å²) in [5.41, 5.74) is 1.68. The van der Waals surface area contributed by atoms with Gasteiger partial charge in [-0.15, -0.1) is 0 Å². The third-order valence-electron chi connectivity index (χ3n) is 2.96. The van der Waals surface area contributed by atoms with Crippen LogP contribution in [0.3, 0.4) is 0 Å². The van der Waals surface area contributed by atoms with Gasteiger partial charge in [-0.1, -0.05) is 13.8 Å². The number of nitrogens with one attached hydrogen (secondary N) is 1. The molecule has 1 rings (SSSR count). The van der Waals surface area contributed by atoms with Crippen molar-refractivity contribution in [3.05, 3.63) is 17.0 Å². The van der Waals surface area contributed by atoms with Crippen LogP contribution in [-0.2, 0) is 4.79 Å². The van der Waals surface area contributed by atoms with E-state index in [2.05, 4.69) is 10.2 Å². The molecule has 0 saturated heterocycles. The van der Waals surface area contributed by atoms with E-state index in [1.807, 2.05) is 0 Å². The van der Waals surface area contributed by atoms with E-state index in [1.54, 1.807) is 27.7 Å². The molecule has 1 heterocycles. The van der Waals surface area contributed by atoms with E-state index in [4.69, 9.17) is 0 Å². The lowest BCUT2D eigenvalue weighted by atomic mass is 10.0. The molecule has 1 atom stereocenters. The average molecular weight is 253 g/mol. The lowest BCUT2D eigenvalue weighted by Crippen LogP contribution is -2.45. The summed E-state index contributed by atoms with van der Waals surface area (Å²) in [6.07, 6.45) is 0. The number of aryl methyl sites for hydroxylation is 2. The fourth-order valence-corrected chi connectivity index (χ4v) is 2.07. The van der Waals surface area contributed by atoms with E-state index in [0.717, 1.165) is 0 Å². The van der Waals surface area contributed by atoms with Gasteiger partial charge in [0.05, 0.1) is 11.3 Å². The van der Waals surface area contributed by atoms with Crippen molar-refractivity contribution >= 4 is 11.9 Å². The molecule has 1 aromatic heterocycles. The number of likely N-dealkylation sites (N-methyl/N-ethyl adjacent to an activating group) is 1. The Bertz CT molecular complexity index is 446. The van der Waals surface area contributed by atoms with Gasteiger partial charge in [0, 0.05) is 12.7 Å². The number of carboxylic acid groups (broad SMARTS) is 1. The van der Waals surface area contributed by atoms with Crippen molar-refractivity contribution in [2.75, 3.05) is 7.05 Å². The first-order valence-electron chi connectivity index (χ1n) is 5.78. The second-order valence-electron chi connectivity index (χ2n) is 4.75. The SMILES string of the molecule is Cc1n[nH]c(C)c1C(=O)N(C)C(C(=O)O)C(C)C. The monoisotopic (exact) mass is 253 g/mol. The highest BCUT2D eigenvalue weighted by Gasteiger charge is 2.31. The number of hydrogen-bond acceptors (Lipinski definition) is 3. The van der Waals surface area contributed by atoms with Gasteiger partial charge in [0.15, 0.2) is 0 Å². The molecule has 2 N–H and O–H groups in total. The molecule has 0 saturated carbocycles. The number of amides is 1. The summed E-state index contributed by atoms with van der Waals surface area (Å²) in [5.74, 6) is -1.48. The highest BCUT2D eigenvalue weighted by Crippen LogP contribution is 2.17. The topological polar surface area (TPSA) is 86.3 Å². The first-order valence-corrected chi connectivity index (χ1v) is 5.78. The van der Waals surface area contributed by atoms with E-state index in [1.165, 1.54) is 11.9 Å². The van der Waals surface area contributed by atoms with Crippen LogP contribution in [0.25, 0.3) is 0 Å². The maximum Gasteiger partial charge on any atom is 0.326 e. The lowest BCUT2D eigenvalue weighted by Gasteiger charge is -2.27. The molecule has 1 aromatic rings. The van der Waals surface area contributed by atoms with Crippen molar-refractivity contribution in [3.63, 3.8) is 0 Å². The predicted molar refractivity (Wildman–Crippen MR) is 66.4 cm³/mol. The number of rotatable bonds is 4. The van der Waals surface area contributed by atoms with Gasteiger partial charge in [-0.25, -0.2) is 4.79 Å². The minimum absolute atomic E-state index is 0.163. The highest BCUT2D eigenvalue weighted by molar-refractivity contribution is 5.98. The minimum atomic E-state index is -1.00. The lowest BCUT2D eigenvalue weighted by molar-refractivity contribution is -0.143. The summed E-state index contributed by atoms with van der Waals surface area (Å²) in [6.45, 7) is 7.01. The van der Waals surface area contributed by atoms with E-state index < -0.39 is 12.0 Å². The summed E-state index contributed by atoms with van der Waals surface area (Å²) >= 11 is 0. The number of aromatic amines is 1. The first kappa shape index (κ1) is 14.2. The van der Waals surface area contributed by atoms with Crippen LogP contribution in [0.1, 0.15) is 35.6 Å². The summed E-state index contributed by atoms with van der Waals surface area (Å²) in [4.78, 5) is 24.8. The largest absolute Gasteiger partial charge is 0.480 e. The summed E-state index contributed by atoms with van der Waals surface area (Å²) < 4.78 is 0. The molecular formula is C12H19N3O3. The van der Waals surface area contributed by atoms with Crippen LogP contribution in [0.5, 0.6) is 0 Å². The summed E-state index contributed by atoms with van der Waals surface area (Å²) in [6, 6.07) is -0.841. The van der Waals surface area contributed by atoms with Gasteiger partial charge in [-0.05, 0) is 19.8 Å². The van der Waals surface area contributed by atoms with Crippen LogP contribution in [0.4, 0.5) is 0 Å². The van der Waals surface area contributed by atoms with Gasteiger partial charge in [0.1, 0.15) is 6.04 Å². The Labute approximate surface area is 106 Å².